The van der Waals surface area contributed by atoms with E-state index in [-0.39, 0.29) is 30.1 Å². The Balaban J connectivity index is 1.67. The Hall–Kier alpha value is -3.45. The fourth-order valence-electron chi connectivity index (χ4n) is 8.42. The number of Topliss-reactive ketones (excluding diaryl/α,β-unsaturated/α-hetero) is 5. The molecule has 40 heavy (non-hydrogen) atoms. The van der Waals surface area contributed by atoms with Crippen LogP contribution < -0.4 is 0 Å². The highest BCUT2D eigenvalue weighted by Crippen LogP contribution is 2.63. The molecule has 1 aromatic carbocycles. The second-order valence-electron chi connectivity index (χ2n) is 13.0. The van der Waals surface area contributed by atoms with Gasteiger partial charge >= 0.3 is 0 Å². The van der Waals surface area contributed by atoms with Gasteiger partial charge in [-0.15, -0.1) is 0 Å². The molecule has 3 unspecified atom stereocenters. The molecule has 0 saturated heterocycles. The number of phenolic OH excluding ortho intramolecular Hbond substituents is 1. The number of carbonyl (C=O) groups excluding carboxylic acids is 5. The number of fused-ring (bicyclic) bond motifs is 3. The lowest BCUT2D eigenvalue weighted by atomic mass is 9.40. The summed E-state index contributed by atoms with van der Waals surface area (Å²) in [6.07, 6.45) is 7.48. The molecular weight excluding hydrogens is 508 g/mol. The molecule has 7 nitrogen and oxygen atoms in total. The molecule has 0 spiro atoms. The lowest BCUT2D eigenvalue weighted by Gasteiger charge is -2.61. The number of aromatic hydroxyl groups is 1. The van der Waals surface area contributed by atoms with Crippen LogP contribution >= 0.6 is 0 Å². The minimum absolute atomic E-state index is 0.0229. The molecule has 0 aromatic heterocycles. The third kappa shape index (κ3) is 3.56. The predicted molar refractivity (Wildman–Crippen MR) is 148 cm³/mol. The average molecular weight is 545 g/mol. The van der Waals surface area contributed by atoms with Gasteiger partial charge in [-0.3, -0.25) is 24.0 Å². The number of hydrogen-bond acceptors (Lipinski definition) is 7. The molecule has 0 radical (unpaired) electrons. The molecule has 0 bridgehead atoms. The van der Waals surface area contributed by atoms with Gasteiger partial charge in [0.1, 0.15) is 17.5 Å². The zero-order valence-electron chi connectivity index (χ0n) is 23.7. The molecule has 4 aliphatic rings. The van der Waals surface area contributed by atoms with Crippen LogP contribution in [0.3, 0.4) is 0 Å². The molecule has 2 fully saturated rings. The van der Waals surface area contributed by atoms with Gasteiger partial charge in [-0.25, -0.2) is 0 Å². The molecule has 0 heterocycles. The average Bonchev–Trinajstić information content (AvgIpc) is 3.38. The molecule has 1 aromatic rings. The third-order valence-electron chi connectivity index (χ3n) is 9.99. The van der Waals surface area contributed by atoms with E-state index in [1.165, 1.54) is 6.07 Å². The first-order valence-corrected chi connectivity index (χ1v) is 13.9. The highest BCUT2D eigenvalue weighted by Gasteiger charge is 2.76. The monoisotopic (exact) mass is 544 g/mol. The Kier molecular flexibility index (Phi) is 6.34. The molecular formula is C33H36O7. The minimum Gasteiger partial charge on any atom is -0.507 e. The number of benzene rings is 1. The maximum Gasteiger partial charge on any atom is 0.190 e. The summed E-state index contributed by atoms with van der Waals surface area (Å²) in [5, 5.41) is 22.9. The number of hydrogen-bond donors (Lipinski definition) is 2. The molecule has 5 rings (SSSR count). The number of rotatable bonds is 5. The lowest BCUT2D eigenvalue weighted by molar-refractivity contribution is -0.205. The molecule has 4 aliphatic carbocycles. The number of ketones is 5. The van der Waals surface area contributed by atoms with E-state index in [4.69, 9.17) is 0 Å². The summed E-state index contributed by atoms with van der Waals surface area (Å²) in [7, 11) is 0. The summed E-state index contributed by atoms with van der Waals surface area (Å²) < 4.78 is 0. The van der Waals surface area contributed by atoms with Gasteiger partial charge in [0.15, 0.2) is 28.7 Å². The summed E-state index contributed by atoms with van der Waals surface area (Å²) in [6, 6.07) is 3.20. The second-order valence-corrected chi connectivity index (χ2v) is 13.0. The van der Waals surface area contributed by atoms with Crippen LogP contribution in [0.4, 0.5) is 0 Å². The number of allylic oxidation sites excluding steroid dienone is 5. The van der Waals surface area contributed by atoms with E-state index in [2.05, 4.69) is 6.58 Å². The van der Waals surface area contributed by atoms with Crippen molar-refractivity contribution >= 4 is 28.9 Å². The Labute approximate surface area is 234 Å². The van der Waals surface area contributed by atoms with E-state index in [1.807, 2.05) is 18.2 Å². The maximum atomic E-state index is 14.3. The van der Waals surface area contributed by atoms with E-state index >= 15 is 0 Å². The van der Waals surface area contributed by atoms with Crippen molar-refractivity contribution in [2.45, 2.75) is 65.9 Å². The van der Waals surface area contributed by atoms with E-state index in [9.17, 15) is 34.2 Å². The van der Waals surface area contributed by atoms with Gasteiger partial charge in [0, 0.05) is 11.3 Å². The third-order valence-corrected chi connectivity index (χ3v) is 9.99. The van der Waals surface area contributed by atoms with E-state index < -0.39 is 63.1 Å². The fraction of sp³-hybridized carbons (Fsp3) is 0.485. The molecule has 2 N–H and O–H groups in total. The Morgan fingerprint density at radius 3 is 2.38 bits per heavy atom. The molecule has 6 atom stereocenters. The maximum absolute atomic E-state index is 14.3. The van der Waals surface area contributed by atoms with E-state index in [1.54, 1.807) is 33.8 Å². The van der Waals surface area contributed by atoms with Gasteiger partial charge in [0.05, 0.1) is 11.5 Å². The topological polar surface area (TPSA) is 126 Å². The molecule has 0 amide bonds. The van der Waals surface area contributed by atoms with Crippen LogP contribution in [-0.2, 0) is 32.0 Å². The van der Waals surface area contributed by atoms with Crippen LogP contribution in [0, 0.1) is 34.5 Å². The fourth-order valence-corrected chi connectivity index (χ4v) is 8.42. The Morgan fingerprint density at radius 1 is 1.12 bits per heavy atom. The van der Waals surface area contributed by atoms with Crippen molar-refractivity contribution in [3.05, 3.63) is 64.8 Å². The van der Waals surface area contributed by atoms with Crippen molar-refractivity contribution < 1.29 is 34.2 Å². The predicted octanol–water partition coefficient (Wildman–Crippen LogP) is 4.08. The lowest BCUT2D eigenvalue weighted by Crippen LogP contribution is -2.76. The van der Waals surface area contributed by atoms with Crippen LogP contribution in [0.5, 0.6) is 5.75 Å². The minimum atomic E-state index is -2.69. The Morgan fingerprint density at radius 2 is 1.80 bits per heavy atom. The quantitative estimate of drug-likeness (QED) is 0.535. The summed E-state index contributed by atoms with van der Waals surface area (Å²) in [5.41, 5.74) is -1.84. The van der Waals surface area contributed by atoms with Crippen LogP contribution in [0.15, 0.2) is 48.1 Å². The van der Waals surface area contributed by atoms with Crippen molar-refractivity contribution in [1.29, 1.82) is 0 Å². The zero-order valence-corrected chi connectivity index (χ0v) is 23.7. The highest BCUT2D eigenvalue weighted by molar-refractivity contribution is 6.32. The van der Waals surface area contributed by atoms with Crippen LogP contribution in [0.25, 0.3) is 0 Å². The van der Waals surface area contributed by atoms with Crippen LogP contribution in [0.1, 0.15) is 68.9 Å². The Bertz CT molecular complexity index is 1480. The SMILES string of the molecule is C=C(Cc1ccc(O)c2c1C[C@]1(C)C[C@]3(C)C(C(C)C)C(=O)C(C(C)=O)C(=O)[C@]3(O)C(=O)C1C2=O)C1=CC=CC1. The largest absolute Gasteiger partial charge is 0.507 e. The van der Waals surface area contributed by atoms with Gasteiger partial charge in [-0.1, -0.05) is 58.6 Å². The second kappa shape index (κ2) is 9.03. The number of aliphatic hydroxyl groups is 1. The van der Waals surface area contributed by atoms with E-state index in [0.29, 0.717) is 12.0 Å². The highest BCUT2D eigenvalue weighted by atomic mass is 16.3. The van der Waals surface area contributed by atoms with Gasteiger partial charge in [0.25, 0.3) is 0 Å². The smallest absolute Gasteiger partial charge is 0.190 e. The van der Waals surface area contributed by atoms with Crippen molar-refractivity contribution in [2.24, 2.45) is 34.5 Å². The van der Waals surface area contributed by atoms with Gasteiger partial charge in [-0.05, 0) is 72.3 Å². The summed E-state index contributed by atoms with van der Waals surface area (Å²) >= 11 is 0. The number of phenols is 1. The normalized spacial score (nSPS) is 34.9. The van der Waals surface area contributed by atoms with Crippen LogP contribution in [-0.4, -0.2) is 44.7 Å². The van der Waals surface area contributed by atoms with Crippen molar-refractivity contribution in [3.8, 4) is 5.75 Å². The van der Waals surface area contributed by atoms with Gasteiger partial charge in [-0.2, -0.15) is 0 Å². The first kappa shape index (κ1) is 28.1. The first-order valence-electron chi connectivity index (χ1n) is 13.9. The van der Waals surface area contributed by atoms with Gasteiger partial charge < -0.3 is 10.2 Å². The van der Waals surface area contributed by atoms with Crippen molar-refractivity contribution in [1.82, 2.24) is 0 Å². The molecule has 210 valence electrons. The van der Waals surface area contributed by atoms with Crippen molar-refractivity contribution in [2.75, 3.05) is 0 Å². The summed E-state index contributed by atoms with van der Waals surface area (Å²) in [6.45, 7) is 12.2. The molecule has 2 saturated carbocycles. The number of carbonyl (C=O) groups is 5. The first-order chi connectivity index (χ1) is 18.6. The standard InChI is InChI=1S/C33H36O7/c1-16(2)25-27(36)23(18(4)34)29(38)33(40)30(39)26-28(37)24-21(14-31(26,5)15-32(25,33)6)20(11-12-22(24)35)13-17(3)19-9-7-8-10-19/h7-9,11-12,16,23,25-26,35,40H,3,10,13-15H2,1-2,4-6H3/t23?,25?,26?,31-,32-,33+/m1/s1. The summed E-state index contributed by atoms with van der Waals surface area (Å²) in [4.78, 5) is 68.3. The zero-order chi connectivity index (χ0) is 29.5. The van der Waals surface area contributed by atoms with Gasteiger partial charge in [0.2, 0.25) is 0 Å². The molecule has 0 aliphatic heterocycles. The van der Waals surface area contributed by atoms with Crippen LogP contribution in [0.2, 0.25) is 0 Å². The van der Waals surface area contributed by atoms with Crippen molar-refractivity contribution in [3.63, 3.8) is 0 Å². The summed E-state index contributed by atoms with van der Waals surface area (Å²) in [5.74, 6) is -8.84. The van der Waals surface area contributed by atoms with E-state index in [0.717, 1.165) is 30.1 Å². The molecule has 7 heteroatoms.